The summed E-state index contributed by atoms with van der Waals surface area (Å²) < 4.78 is 15.1. The summed E-state index contributed by atoms with van der Waals surface area (Å²) in [6.07, 6.45) is 3.25. The highest BCUT2D eigenvalue weighted by Gasteiger charge is 2.13. The molecule has 0 radical (unpaired) electrons. The third kappa shape index (κ3) is 3.76. The molecule has 0 fully saturated rings. The molecular formula is C24H20FN3. The zero-order valence-corrected chi connectivity index (χ0v) is 15.5. The van der Waals surface area contributed by atoms with Crippen molar-refractivity contribution < 1.29 is 4.39 Å². The number of nitrogens with zero attached hydrogens (tertiary/aromatic N) is 2. The first kappa shape index (κ1) is 17.9. The van der Waals surface area contributed by atoms with Crippen LogP contribution >= 0.6 is 0 Å². The summed E-state index contributed by atoms with van der Waals surface area (Å²) >= 11 is 0. The van der Waals surface area contributed by atoms with Crippen molar-refractivity contribution >= 4 is 5.82 Å². The molecule has 0 unspecified atom stereocenters. The van der Waals surface area contributed by atoms with Gasteiger partial charge in [-0.05, 0) is 24.1 Å². The number of hydrogen-bond acceptors (Lipinski definition) is 3. The molecule has 0 saturated carbocycles. The Bertz CT molecular complexity index is 1050. The van der Waals surface area contributed by atoms with E-state index in [2.05, 4.69) is 34.3 Å². The monoisotopic (exact) mass is 369 g/mol. The van der Waals surface area contributed by atoms with Gasteiger partial charge in [-0.15, -0.1) is 0 Å². The van der Waals surface area contributed by atoms with Gasteiger partial charge in [0.1, 0.15) is 11.6 Å². The van der Waals surface area contributed by atoms with Gasteiger partial charge in [0.05, 0.1) is 18.1 Å². The molecule has 1 aromatic heterocycles. The molecule has 0 aliphatic heterocycles. The minimum absolute atomic E-state index is 0.0968. The summed E-state index contributed by atoms with van der Waals surface area (Å²) in [7, 11) is 0. The molecule has 3 nitrogen and oxygen atoms in total. The second kappa shape index (κ2) is 8.01. The molecule has 4 heteroatoms. The van der Waals surface area contributed by atoms with Gasteiger partial charge in [0.2, 0.25) is 0 Å². The predicted molar refractivity (Wildman–Crippen MR) is 111 cm³/mol. The van der Waals surface area contributed by atoms with Gasteiger partial charge < -0.3 is 5.32 Å². The van der Waals surface area contributed by atoms with Crippen molar-refractivity contribution in [2.45, 2.75) is 13.0 Å². The molecule has 1 atom stereocenters. The fraction of sp³-hybridized carbons (Fsp3) is 0.0833. The van der Waals surface area contributed by atoms with Crippen LogP contribution in [0.4, 0.5) is 10.2 Å². The molecule has 1 N–H and O–H groups in total. The van der Waals surface area contributed by atoms with Crippen molar-refractivity contribution in [1.29, 1.82) is 0 Å². The maximum absolute atomic E-state index is 15.1. The molecule has 0 spiro atoms. The Hall–Kier alpha value is -3.53. The van der Waals surface area contributed by atoms with Crippen molar-refractivity contribution in [2.24, 2.45) is 0 Å². The number of nitrogens with one attached hydrogen (secondary N) is 1. The topological polar surface area (TPSA) is 37.8 Å². The van der Waals surface area contributed by atoms with E-state index < -0.39 is 0 Å². The Balaban J connectivity index is 1.58. The van der Waals surface area contributed by atoms with E-state index in [4.69, 9.17) is 0 Å². The van der Waals surface area contributed by atoms with Crippen molar-refractivity contribution in [3.05, 3.63) is 103 Å². The number of rotatable bonds is 5. The maximum atomic E-state index is 15.1. The Morgan fingerprint density at radius 2 is 1.43 bits per heavy atom. The predicted octanol–water partition coefficient (Wildman–Crippen LogP) is 6.12. The summed E-state index contributed by atoms with van der Waals surface area (Å²) in [6.45, 7) is 2.06. The molecule has 0 aliphatic rings. The summed E-state index contributed by atoms with van der Waals surface area (Å²) in [5, 5.41) is 3.32. The highest BCUT2D eigenvalue weighted by Crippen LogP contribution is 2.30. The maximum Gasteiger partial charge on any atom is 0.144 e. The third-order valence-electron chi connectivity index (χ3n) is 4.68. The molecule has 0 aliphatic carbocycles. The van der Waals surface area contributed by atoms with Crippen molar-refractivity contribution in [2.75, 3.05) is 5.32 Å². The average Bonchev–Trinajstić information content (AvgIpc) is 2.76. The van der Waals surface area contributed by atoms with Crippen LogP contribution in [0, 0.1) is 5.82 Å². The van der Waals surface area contributed by atoms with Crippen molar-refractivity contribution in [1.82, 2.24) is 9.97 Å². The summed E-state index contributed by atoms with van der Waals surface area (Å²) in [5.41, 5.74) is 3.50. The zero-order valence-electron chi connectivity index (χ0n) is 15.5. The first-order chi connectivity index (χ1) is 13.7. The van der Waals surface area contributed by atoms with Gasteiger partial charge in [-0.1, -0.05) is 72.8 Å². The van der Waals surface area contributed by atoms with Gasteiger partial charge in [-0.3, -0.25) is 4.98 Å². The summed E-state index contributed by atoms with van der Waals surface area (Å²) in [4.78, 5) is 8.85. The number of halogens is 1. The smallest absolute Gasteiger partial charge is 0.144 e. The summed E-state index contributed by atoms with van der Waals surface area (Å²) in [6, 6.07) is 25.1. The SMILES string of the molecule is C[C@@H](Nc1cnc(-c2cccc(-c3ccccc3)c2F)cn1)c1ccccc1. The Kier molecular flexibility index (Phi) is 5.11. The fourth-order valence-electron chi connectivity index (χ4n) is 3.16. The van der Waals surface area contributed by atoms with E-state index in [1.807, 2.05) is 54.6 Å². The lowest BCUT2D eigenvalue weighted by atomic mass is 10.0. The van der Waals surface area contributed by atoms with Gasteiger partial charge in [-0.25, -0.2) is 9.37 Å². The standard InChI is InChI=1S/C24H20FN3/c1-17(18-9-4-2-5-10-18)28-23-16-26-22(15-27-23)21-14-8-13-20(24(21)25)19-11-6-3-7-12-19/h2-17H,1H3,(H,27,28)/t17-/m1/s1. The molecule has 28 heavy (non-hydrogen) atoms. The van der Waals surface area contributed by atoms with Crippen LogP contribution < -0.4 is 5.32 Å². The minimum Gasteiger partial charge on any atom is -0.362 e. The largest absolute Gasteiger partial charge is 0.362 e. The molecule has 4 aromatic rings. The van der Waals surface area contributed by atoms with Gasteiger partial charge in [-0.2, -0.15) is 0 Å². The highest BCUT2D eigenvalue weighted by molar-refractivity contribution is 5.72. The van der Waals surface area contributed by atoms with Crippen LogP contribution in [0.15, 0.2) is 91.3 Å². The molecule has 4 rings (SSSR count). The Labute approximate surface area is 163 Å². The van der Waals surface area contributed by atoms with Gasteiger partial charge in [0.25, 0.3) is 0 Å². The Morgan fingerprint density at radius 1 is 0.750 bits per heavy atom. The van der Waals surface area contributed by atoms with E-state index in [1.54, 1.807) is 24.5 Å². The average molecular weight is 369 g/mol. The molecule has 0 amide bonds. The van der Waals surface area contributed by atoms with Crippen LogP contribution in [-0.2, 0) is 0 Å². The van der Waals surface area contributed by atoms with Crippen molar-refractivity contribution in [3.8, 4) is 22.4 Å². The molecule has 3 aromatic carbocycles. The normalized spacial score (nSPS) is 11.8. The first-order valence-corrected chi connectivity index (χ1v) is 9.20. The third-order valence-corrected chi connectivity index (χ3v) is 4.68. The lowest BCUT2D eigenvalue weighted by Gasteiger charge is -2.15. The molecule has 138 valence electrons. The fourth-order valence-corrected chi connectivity index (χ4v) is 3.16. The number of hydrogen-bond donors (Lipinski definition) is 1. The number of benzene rings is 3. The lowest BCUT2D eigenvalue weighted by Crippen LogP contribution is -2.08. The van der Waals surface area contributed by atoms with E-state index in [0.717, 1.165) is 11.1 Å². The van der Waals surface area contributed by atoms with E-state index in [1.165, 1.54) is 0 Å². The first-order valence-electron chi connectivity index (χ1n) is 9.20. The molecule has 1 heterocycles. The number of anilines is 1. The summed E-state index contributed by atoms with van der Waals surface area (Å²) in [5.74, 6) is 0.362. The van der Waals surface area contributed by atoms with Crippen molar-refractivity contribution in [3.63, 3.8) is 0 Å². The molecule has 0 saturated heterocycles. The Morgan fingerprint density at radius 3 is 2.11 bits per heavy atom. The van der Waals surface area contributed by atoms with Crippen LogP contribution in [-0.4, -0.2) is 9.97 Å². The molecular weight excluding hydrogens is 349 g/mol. The highest BCUT2D eigenvalue weighted by atomic mass is 19.1. The minimum atomic E-state index is -0.290. The van der Waals surface area contributed by atoms with Crippen LogP contribution in [0.2, 0.25) is 0 Å². The zero-order chi connectivity index (χ0) is 19.3. The van der Waals surface area contributed by atoms with Crippen LogP contribution in [0.25, 0.3) is 22.4 Å². The molecule has 0 bridgehead atoms. The lowest BCUT2D eigenvalue weighted by molar-refractivity contribution is 0.634. The van der Waals surface area contributed by atoms with E-state index in [0.29, 0.717) is 22.6 Å². The van der Waals surface area contributed by atoms with E-state index in [9.17, 15) is 0 Å². The van der Waals surface area contributed by atoms with Crippen LogP contribution in [0.3, 0.4) is 0 Å². The van der Waals surface area contributed by atoms with Gasteiger partial charge in [0.15, 0.2) is 0 Å². The van der Waals surface area contributed by atoms with Crippen LogP contribution in [0.1, 0.15) is 18.5 Å². The van der Waals surface area contributed by atoms with Gasteiger partial charge in [0, 0.05) is 17.2 Å². The number of aromatic nitrogens is 2. The van der Waals surface area contributed by atoms with E-state index in [-0.39, 0.29) is 11.9 Å². The quantitative estimate of drug-likeness (QED) is 0.460. The second-order valence-electron chi connectivity index (χ2n) is 6.60. The van der Waals surface area contributed by atoms with Gasteiger partial charge >= 0.3 is 0 Å². The second-order valence-corrected chi connectivity index (χ2v) is 6.60. The van der Waals surface area contributed by atoms with Crippen LogP contribution in [0.5, 0.6) is 0 Å². The van der Waals surface area contributed by atoms with E-state index >= 15 is 4.39 Å².